The standard InChI is InChI=1S/C19H22N4O4/c1-27-19(26)15-4-2-3-14(21-15)18(25)23-9-12-7-16(22-6-5-20-11-22)17(24)8-13(12)10-23/h2-6,11-13,16-17,24H,7-10H2,1H3/t12-,13+,16-,17-/m1/s1. The van der Waals surface area contributed by atoms with Crippen LogP contribution in [0, 0.1) is 11.8 Å². The normalized spacial score (nSPS) is 27.3. The zero-order valence-electron chi connectivity index (χ0n) is 15.1. The van der Waals surface area contributed by atoms with Crippen molar-refractivity contribution in [2.45, 2.75) is 25.0 Å². The second-order valence-corrected chi connectivity index (χ2v) is 7.25. The average molecular weight is 370 g/mol. The summed E-state index contributed by atoms with van der Waals surface area (Å²) < 4.78 is 6.62. The summed E-state index contributed by atoms with van der Waals surface area (Å²) >= 11 is 0. The van der Waals surface area contributed by atoms with Crippen molar-refractivity contribution < 1.29 is 19.4 Å². The fourth-order valence-corrected chi connectivity index (χ4v) is 4.29. The molecule has 1 saturated heterocycles. The molecular formula is C19H22N4O4. The van der Waals surface area contributed by atoms with E-state index in [0.29, 0.717) is 25.4 Å². The van der Waals surface area contributed by atoms with Crippen molar-refractivity contribution in [3.63, 3.8) is 0 Å². The van der Waals surface area contributed by atoms with Gasteiger partial charge < -0.3 is 19.3 Å². The second kappa shape index (κ2) is 7.11. The lowest BCUT2D eigenvalue weighted by Crippen LogP contribution is -2.35. The summed E-state index contributed by atoms with van der Waals surface area (Å²) in [5, 5.41) is 10.5. The topological polar surface area (TPSA) is 97.6 Å². The average Bonchev–Trinajstić information content (AvgIpc) is 3.35. The fourth-order valence-electron chi connectivity index (χ4n) is 4.29. The number of ether oxygens (including phenoxy) is 1. The van der Waals surface area contributed by atoms with Crippen LogP contribution in [-0.2, 0) is 4.74 Å². The van der Waals surface area contributed by atoms with E-state index < -0.39 is 12.1 Å². The van der Waals surface area contributed by atoms with Crippen LogP contribution in [0.25, 0.3) is 0 Å². The number of pyridine rings is 1. The highest BCUT2D eigenvalue weighted by molar-refractivity contribution is 5.94. The smallest absolute Gasteiger partial charge is 0.356 e. The minimum Gasteiger partial charge on any atom is -0.464 e. The van der Waals surface area contributed by atoms with Gasteiger partial charge in [-0.3, -0.25) is 4.79 Å². The van der Waals surface area contributed by atoms with Gasteiger partial charge in [-0.05, 0) is 36.8 Å². The molecule has 2 fully saturated rings. The van der Waals surface area contributed by atoms with Crippen molar-refractivity contribution in [2.24, 2.45) is 11.8 Å². The third kappa shape index (κ3) is 3.32. The highest BCUT2D eigenvalue weighted by Gasteiger charge is 2.43. The van der Waals surface area contributed by atoms with Gasteiger partial charge in [0.05, 0.1) is 25.6 Å². The van der Waals surface area contributed by atoms with E-state index in [4.69, 9.17) is 0 Å². The largest absolute Gasteiger partial charge is 0.464 e. The first-order chi connectivity index (χ1) is 13.1. The maximum absolute atomic E-state index is 12.9. The van der Waals surface area contributed by atoms with Gasteiger partial charge in [0, 0.05) is 25.5 Å². The maximum atomic E-state index is 12.9. The van der Waals surface area contributed by atoms with E-state index >= 15 is 0 Å². The predicted octanol–water partition coefficient (Wildman–Crippen LogP) is 1.15. The zero-order valence-corrected chi connectivity index (χ0v) is 15.1. The molecule has 1 aliphatic heterocycles. The van der Waals surface area contributed by atoms with E-state index in [-0.39, 0.29) is 29.3 Å². The summed E-state index contributed by atoms with van der Waals surface area (Å²) in [5.41, 5.74) is 0.360. The van der Waals surface area contributed by atoms with Crippen LogP contribution < -0.4 is 0 Å². The Balaban J connectivity index is 1.48. The summed E-state index contributed by atoms with van der Waals surface area (Å²) in [6.07, 6.45) is 6.33. The number of aliphatic hydroxyl groups excluding tert-OH is 1. The Kier molecular flexibility index (Phi) is 4.65. The van der Waals surface area contributed by atoms with Crippen LogP contribution in [0.2, 0.25) is 0 Å². The Morgan fingerprint density at radius 1 is 1.19 bits per heavy atom. The number of nitrogens with zero attached hydrogens (tertiary/aromatic N) is 4. The third-order valence-corrected chi connectivity index (χ3v) is 5.67. The molecule has 1 N–H and O–H groups in total. The Morgan fingerprint density at radius 3 is 2.63 bits per heavy atom. The molecule has 2 aromatic rings. The molecule has 1 saturated carbocycles. The van der Waals surface area contributed by atoms with Gasteiger partial charge in [-0.25, -0.2) is 14.8 Å². The van der Waals surface area contributed by atoms with Crippen LogP contribution in [0.3, 0.4) is 0 Å². The third-order valence-electron chi connectivity index (χ3n) is 5.67. The Labute approximate surface area is 156 Å². The number of methoxy groups -OCH3 is 1. The van der Waals surface area contributed by atoms with E-state index in [1.54, 1.807) is 29.6 Å². The number of hydrogen-bond donors (Lipinski definition) is 1. The molecule has 1 aliphatic carbocycles. The molecule has 0 radical (unpaired) electrons. The molecule has 0 unspecified atom stereocenters. The highest BCUT2D eigenvalue weighted by atomic mass is 16.5. The quantitative estimate of drug-likeness (QED) is 0.814. The van der Waals surface area contributed by atoms with E-state index in [1.165, 1.54) is 13.2 Å². The zero-order chi connectivity index (χ0) is 19.0. The van der Waals surface area contributed by atoms with Gasteiger partial charge in [-0.1, -0.05) is 6.07 Å². The number of imidazole rings is 1. The number of fused-ring (bicyclic) bond motifs is 1. The van der Waals surface area contributed by atoms with Crippen LogP contribution in [0.1, 0.15) is 39.9 Å². The lowest BCUT2D eigenvalue weighted by Gasteiger charge is -2.35. The monoisotopic (exact) mass is 370 g/mol. The number of carbonyl (C=O) groups excluding carboxylic acids is 2. The number of carbonyl (C=O) groups is 2. The fraction of sp³-hybridized carbons (Fsp3) is 0.474. The van der Waals surface area contributed by atoms with Crippen molar-refractivity contribution in [2.75, 3.05) is 20.2 Å². The molecule has 8 nitrogen and oxygen atoms in total. The number of amides is 1. The summed E-state index contributed by atoms with van der Waals surface area (Å²) in [4.78, 5) is 34.5. The SMILES string of the molecule is COC(=O)c1cccc(C(=O)N2C[C@H]3C[C@@H](n4ccnc4)[C@H](O)C[C@H]3C2)n1. The molecular weight excluding hydrogens is 348 g/mol. The predicted molar refractivity (Wildman–Crippen MR) is 95.0 cm³/mol. The number of aliphatic hydroxyl groups is 1. The van der Waals surface area contributed by atoms with Gasteiger partial charge in [-0.15, -0.1) is 0 Å². The summed E-state index contributed by atoms with van der Waals surface area (Å²) in [7, 11) is 1.28. The Morgan fingerprint density at radius 2 is 1.93 bits per heavy atom. The summed E-state index contributed by atoms with van der Waals surface area (Å²) in [6.45, 7) is 1.23. The maximum Gasteiger partial charge on any atom is 0.356 e. The molecule has 3 heterocycles. The number of hydrogen-bond acceptors (Lipinski definition) is 6. The Bertz CT molecular complexity index is 838. The molecule has 0 bridgehead atoms. The number of esters is 1. The van der Waals surface area contributed by atoms with Gasteiger partial charge >= 0.3 is 5.97 Å². The molecule has 142 valence electrons. The van der Waals surface area contributed by atoms with Crippen LogP contribution in [0.5, 0.6) is 0 Å². The van der Waals surface area contributed by atoms with Crippen LogP contribution in [0.15, 0.2) is 36.9 Å². The summed E-state index contributed by atoms with van der Waals surface area (Å²) in [5.74, 6) is -0.157. The molecule has 2 aromatic heterocycles. The molecule has 27 heavy (non-hydrogen) atoms. The number of likely N-dealkylation sites (tertiary alicyclic amines) is 1. The first kappa shape index (κ1) is 17.7. The first-order valence-electron chi connectivity index (χ1n) is 9.07. The minimum absolute atomic E-state index is 0.00965. The van der Waals surface area contributed by atoms with Crippen molar-refractivity contribution in [3.8, 4) is 0 Å². The van der Waals surface area contributed by atoms with Crippen molar-refractivity contribution >= 4 is 11.9 Å². The molecule has 8 heteroatoms. The van der Waals surface area contributed by atoms with Crippen molar-refractivity contribution in [1.82, 2.24) is 19.4 Å². The van der Waals surface area contributed by atoms with Gasteiger partial charge in [-0.2, -0.15) is 0 Å². The molecule has 4 atom stereocenters. The van der Waals surface area contributed by atoms with E-state index in [0.717, 1.165) is 6.42 Å². The van der Waals surface area contributed by atoms with Gasteiger partial charge in [0.1, 0.15) is 11.4 Å². The second-order valence-electron chi connectivity index (χ2n) is 7.25. The first-order valence-corrected chi connectivity index (χ1v) is 9.07. The van der Waals surface area contributed by atoms with Gasteiger partial charge in [0.2, 0.25) is 0 Å². The molecule has 4 rings (SSSR count). The molecule has 2 aliphatic rings. The molecule has 1 amide bonds. The van der Waals surface area contributed by atoms with E-state index in [1.807, 2.05) is 10.8 Å². The van der Waals surface area contributed by atoms with Gasteiger partial charge in [0.25, 0.3) is 5.91 Å². The van der Waals surface area contributed by atoms with Crippen LogP contribution in [-0.4, -0.2) is 62.7 Å². The highest BCUT2D eigenvalue weighted by Crippen LogP contribution is 2.41. The van der Waals surface area contributed by atoms with Crippen LogP contribution in [0.4, 0.5) is 0 Å². The van der Waals surface area contributed by atoms with E-state index in [2.05, 4.69) is 14.7 Å². The molecule has 0 aromatic carbocycles. The van der Waals surface area contributed by atoms with Gasteiger partial charge in [0.15, 0.2) is 0 Å². The van der Waals surface area contributed by atoms with Crippen LogP contribution >= 0.6 is 0 Å². The lowest BCUT2D eigenvalue weighted by atomic mass is 9.77. The number of rotatable bonds is 3. The molecule has 0 spiro atoms. The number of aromatic nitrogens is 3. The Hall–Kier alpha value is -2.74. The summed E-state index contributed by atoms with van der Waals surface area (Å²) in [6, 6.07) is 4.76. The van der Waals surface area contributed by atoms with Crippen molar-refractivity contribution in [3.05, 3.63) is 48.3 Å². The van der Waals surface area contributed by atoms with E-state index in [9.17, 15) is 14.7 Å². The lowest BCUT2D eigenvalue weighted by molar-refractivity contribution is 0.0357. The minimum atomic E-state index is -0.564. The van der Waals surface area contributed by atoms with Crippen molar-refractivity contribution in [1.29, 1.82) is 0 Å².